The van der Waals surface area contributed by atoms with E-state index in [-0.39, 0.29) is 5.91 Å². The van der Waals surface area contributed by atoms with Crippen LogP contribution in [0.5, 0.6) is 0 Å². The van der Waals surface area contributed by atoms with Crippen molar-refractivity contribution in [1.82, 2.24) is 14.5 Å². The largest absolute Gasteiger partial charge is 0.337 e. The Labute approximate surface area is 135 Å². The van der Waals surface area contributed by atoms with Crippen LogP contribution in [0.2, 0.25) is 0 Å². The molecule has 1 fully saturated rings. The second kappa shape index (κ2) is 6.24. The number of hydrogen-bond donors (Lipinski definition) is 0. The number of hydrogen-bond acceptors (Lipinski definition) is 3. The van der Waals surface area contributed by atoms with Crippen molar-refractivity contribution >= 4 is 17.2 Å². The van der Waals surface area contributed by atoms with Gasteiger partial charge in [0.15, 0.2) is 0 Å². The molecular weight excluding hydrogens is 294 g/mol. The number of rotatable bonds is 3. The Bertz CT molecular complexity index is 673. The molecule has 4 nitrogen and oxygen atoms in total. The van der Waals surface area contributed by atoms with Crippen LogP contribution in [-0.2, 0) is 6.42 Å². The van der Waals surface area contributed by atoms with Gasteiger partial charge in [-0.15, -0.1) is 11.3 Å². The van der Waals surface area contributed by atoms with Gasteiger partial charge in [-0.05, 0) is 32.8 Å². The molecule has 0 radical (unpaired) electrons. The van der Waals surface area contributed by atoms with Crippen LogP contribution in [0.3, 0.4) is 0 Å². The molecule has 0 unspecified atom stereocenters. The van der Waals surface area contributed by atoms with Crippen LogP contribution in [0, 0.1) is 13.8 Å². The minimum Gasteiger partial charge on any atom is -0.337 e. The van der Waals surface area contributed by atoms with Crippen LogP contribution < -0.4 is 0 Å². The number of imidazole rings is 1. The lowest BCUT2D eigenvalue weighted by atomic mass is 10.0. The van der Waals surface area contributed by atoms with Gasteiger partial charge in [-0.3, -0.25) is 4.79 Å². The summed E-state index contributed by atoms with van der Waals surface area (Å²) >= 11 is 1.70. The molecule has 3 heterocycles. The maximum absolute atomic E-state index is 12.8. The molecule has 1 amide bonds. The second-order valence-corrected chi connectivity index (χ2v) is 7.44. The van der Waals surface area contributed by atoms with E-state index in [0.29, 0.717) is 6.04 Å². The highest BCUT2D eigenvalue weighted by Crippen LogP contribution is 2.27. The molecule has 22 heavy (non-hydrogen) atoms. The van der Waals surface area contributed by atoms with E-state index in [2.05, 4.69) is 29.6 Å². The summed E-state index contributed by atoms with van der Waals surface area (Å²) in [7, 11) is 0. The summed E-state index contributed by atoms with van der Waals surface area (Å²) in [4.78, 5) is 21.6. The molecule has 2 aromatic rings. The molecule has 5 heteroatoms. The van der Waals surface area contributed by atoms with E-state index in [1.807, 2.05) is 24.1 Å². The lowest BCUT2D eigenvalue weighted by molar-refractivity contribution is 0.0678. The Morgan fingerprint density at radius 1 is 1.45 bits per heavy atom. The normalized spacial score (nSPS) is 18.7. The molecule has 0 aliphatic carbocycles. The maximum Gasteiger partial charge on any atom is 0.255 e. The molecule has 0 spiro atoms. The fraction of sp³-hybridized carbons (Fsp3) is 0.529. The molecule has 3 rings (SSSR count). The summed E-state index contributed by atoms with van der Waals surface area (Å²) in [6.45, 7) is 7.88. The lowest BCUT2D eigenvalue weighted by Crippen LogP contribution is -2.41. The van der Waals surface area contributed by atoms with Gasteiger partial charge in [0.2, 0.25) is 0 Å². The van der Waals surface area contributed by atoms with Crippen molar-refractivity contribution in [1.29, 1.82) is 0 Å². The predicted octanol–water partition coefficient (Wildman–Crippen LogP) is 3.60. The van der Waals surface area contributed by atoms with Gasteiger partial charge in [0, 0.05) is 41.7 Å². The van der Waals surface area contributed by atoms with Crippen molar-refractivity contribution in [2.75, 3.05) is 13.1 Å². The Hall–Kier alpha value is -1.62. The van der Waals surface area contributed by atoms with E-state index < -0.39 is 0 Å². The van der Waals surface area contributed by atoms with Gasteiger partial charge >= 0.3 is 0 Å². The highest BCUT2D eigenvalue weighted by molar-refractivity contribution is 7.12. The molecule has 1 saturated heterocycles. The predicted molar refractivity (Wildman–Crippen MR) is 89.6 cm³/mol. The molecule has 118 valence electrons. The van der Waals surface area contributed by atoms with E-state index in [0.717, 1.165) is 48.6 Å². The van der Waals surface area contributed by atoms with E-state index in [1.54, 1.807) is 11.3 Å². The fourth-order valence-corrected chi connectivity index (χ4v) is 4.25. The highest BCUT2D eigenvalue weighted by atomic mass is 32.1. The van der Waals surface area contributed by atoms with E-state index in [4.69, 9.17) is 0 Å². The minimum absolute atomic E-state index is 0.185. The topological polar surface area (TPSA) is 38.1 Å². The Morgan fingerprint density at radius 2 is 2.27 bits per heavy atom. The molecule has 2 aromatic heterocycles. The van der Waals surface area contributed by atoms with Gasteiger partial charge in [-0.1, -0.05) is 6.92 Å². The average molecular weight is 317 g/mol. The van der Waals surface area contributed by atoms with Crippen LogP contribution >= 0.6 is 11.3 Å². The molecule has 1 aliphatic rings. The lowest BCUT2D eigenvalue weighted by Gasteiger charge is -2.34. The monoisotopic (exact) mass is 317 g/mol. The quantitative estimate of drug-likeness (QED) is 0.867. The first-order chi connectivity index (χ1) is 10.6. The number of piperidine rings is 1. The van der Waals surface area contributed by atoms with Crippen molar-refractivity contribution in [3.63, 3.8) is 0 Å². The molecule has 1 atom stereocenters. The minimum atomic E-state index is 0.185. The Balaban J connectivity index is 1.78. The average Bonchev–Trinajstić information content (AvgIpc) is 3.12. The van der Waals surface area contributed by atoms with Gasteiger partial charge in [0.25, 0.3) is 5.91 Å². The summed E-state index contributed by atoms with van der Waals surface area (Å²) in [6.07, 6.45) is 7.03. The smallest absolute Gasteiger partial charge is 0.255 e. The molecule has 0 aromatic carbocycles. The first-order valence-electron chi connectivity index (χ1n) is 7.98. The number of nitrogens with zero attached hydrogens (tertiary/aromatic N) is 3. The van der Waals surface area contributed by atoms with Crippen LogP contribution in [0.4, 0.5) is 0 Å². The summed E-state index contributed by atoms with van der Waals surface area (Å²) in [5.41, 5.74) is 0.879. The number of carbonyl (C=O) groups excluding carboxylic acids is 1. The van der Waals surface area contributed by atoms with Crippen LogP contribution in [0.25, 0.3) is 0 Å². The van der Waals surface area contributed by atoms with Gasteiger partial charge in [-0.2, -0.15) is 0 Å². The van der Waals surface area contributed by atoms with Crippen molar-refractivity contribution in [3.05, 3.63) is 39.6 Å². The summed E-state index contributed by atoms with van der Waals surface area (Å²) < 4.78 is 2.26. The van der Waals surface area contributed by atoms with Gasteiger partial charge in [0.05, 0.1) is 11.6 Å². The van der Waals surface area contributed by atoms with Gasteiger partial charge in [0.1, 0.15) is 5.82 Å². The van der Waals surface area contributed by atoms with Crippen molar-refractivity contribution < 1.29 is 4.79 Å². The second-order valence-electron chi connectivity index (χ2n) is 5.98. The van der Waals surface area contributed by atoms with Crippen molar-refractivity contribution in [2.24, 2.45) is 0 Å². The van der Waals surface area contributed by atoms with Crippen LogP contribution in [0.15, 0.2) is 18.5 Å². The number of carbonyl (C=O) groups is 1. The third-order valence-corrected chi connectivity index (χ3v) is 5.38. The standard InChI is InChI=1S/C17H23N3OS/c1-4-16-18-7-9-20(16)14-6-5-8-19(11-14)17(21)15-10-12(2)22-13(15)3/h7,9-10,14H,4-6,8,11H2,1-3H3/t14-/m0/s1. The molecular formula is C17H23N3OS. The van der Waals surface area contributed by atoms with E-state index >= 15 is 0 Å². The first kappa shape index (κ1) is 15.3. The zero-order valence-electron chi connectivity index (χ0n) is 13.5. The molecule has 1 aliphatic heterocycles. The number of aryl methyl sites for hydroxylation is 3. The zero-order valence-corrected chi connectivity index (χ0v) is 14.3. The summed E-state index contributed by atoms with van der Waals surface area (Å²) in [5.74, 6) is 1.30. The number of thiophene rings is 1. The van der Waals surface area contributed by atoms with E-state index in [1.165, 1.54) is 4.88 Å². The third kappa shape index (κ3) is 2.82. The molecule has 0 N–H and O–H groups in total. The number of amides is 1. The van der Waals surface area contributed by atoms with Crippen LogP contribution in [-0.4, -0.2) is 33.4 Å². The summed E-state index contributed by atoms with van der Waals surface area (Å²) in [5, 5.41) is 0. The SMILES string of the molecule is CCc1nccn1[C@H]1CCCN(C(=O)c2cc(C)sc2C)C1. The highest BCUT2D eigenvalue weighted by Gasteiger charge is 2.27. The third-order valence-electron chi connectivity index (χ3n) is 4.41. The van der Waals surface area contributed by atoms with Crippen LogP contribution in [0.1, 0.15) is 51.7 Å². The maximum atomic E-state index is 12.8. The fourth-order valence-electron chi connectivity index (χ4n) is 3.33. The Kier molecular flexibility index (Phi) is 4.34. The zero-order chi connectivity index (χ0) is 15.7. The first-order valence-corrected chi connectivity index (χ1v) is 8.79. The Morgan fingerprint density at radius 3 is 2.95 bits per heavy atom. The molecule has 0 bridgehead atoms. The van der Waals surface area contributed by atoms with Crippen molar-refractivity contribution in [3.8, 4) is 0 Å². The number of aromatic nitrogens is 2. The van der Waals surface area contributed by atoms with Crippen molar-refractivity contribution in [2.45, 2.75) is 46.1 Å². The van der Waals surface area contributed by atoms with Gasteiger partial charge < -0.3 is 9.47 Å². The number of likely N-dealkylation sites (tertiary alicyclic amines) is 1. The van der Waals surface area contributed by atoms with E-state index in [9.17, 15) is 4.79 Å². The van der Waals surface area contributed by atoms with Gasteiger partial charge in [-0.25, -0.2) is 4.98 Å². The summed E-state index contributed by atoms with van der Waals surface area (Å²) in [6, 6.07) is 2.39. The molecule has 0 saturated carbocycles.